The summed E-state index contributed by atoms with van der Waals surface area (Å²) in [6, 6.07) is 13.4. The van der Waals surface area contributed by atoms with E-state index in [1.807, 2.05) is 18.2 Å². The summed E-state index contributed by atoms with van der Waals surface area (Å²) in [6.45, 7) is 0.300. The fraction of sp³-hybridized carbons (Fsp3) is 0.278. The average Bonchev–Trinajstić information content (AvgIpc) is 2.65. The number of hydrogen-bond donors (Lipinski definition) is 0. The highest BCUT2D eigenvalue weighted by Gasteiger charge is 2.21. The van der Waals surface area contributed by atoms with E-state index in [-0.39, 0.29) is 4.90 Å². The van der Waals surface area contributed by atoms with E-state index in [0.717, 1.165) is 5.56 Å². The topological polar surface area (TPSA) is 79.6 Å². The molecule has 7 heteroatoms. The third-order valence-electron chi connectivity index (χ3n) is 3.83. The summed E-state index contributed by atoms with van der Waals surface area (Å²) in [4.78, 5) is 0.112. The molecule has 2 aromatic carbocycles. The molecule has 0 atom stereocenters. The molecule has 0 N–H and O–H groups in total. The summed E-state index contributed by atoms with van der Waals surface area (Å²) < 4.78 is 37.0. The second kappa shape index (κ2) is 8.01. The normalized spacial score (nSPS) is 11.2. The zero-order valence-electron chi connectivity index (χ0n) is 14.4. The summed E-state index contributed by atoms with van der Waals surface area (Å²) in [7, 11) is 0.998. The maximum absolute atomic E-state index is 12.6. The lowest BCUT2D eigenvalue weighted by Gasteiger charge is -2.18. The van der Waals surface area contributed by atoms with Gasteiger partial charge in [-0.05, 0) is 42.3 Å². The Kier molecular flexibility index (Phi) is 6.02. The molecule has 0 spiro atoms. The van der Waals surface area contributed by atoms with Crippen molar-refractivity contribution < 1.29 is 17.9 Å². The molecule has 0 heterocycles. The van der Waals surface area contributed by atoms with Crippen molar-refractivity contribution in [1.29, 1.82) is 5.26 Å². The number of nitriles is 1. The van der Waals surface area contributed by atoms with Crippen LogP contribution in [-0.4, -0.2) is 40.5 Å². The molecule has 132 valence electrons. The molecule has 25 heavy (non-hydrogen) atoms. The molecule has 2 aromatic rings. The largest absolute Gasteiger partial charge is 0.493 e. The van der Waals surface area contributed by atoms with Gasteiger partial charge in [-0.1, -0.05) is 12.1 Å². The van der Waals surface area contributed by atoms with Gasteiger partial charge < -0.3 is 9.47 Å². The summed E-state index contributed by atoms with van der Waals surface area (Å²) in [6.07, 6.45) is 0.522. The van der Waals surface area contributed by atoms with Crippen LogP contribution < -0.4 is 9.47 Å². The second-order valence-electron chi connectivity index (χ2n) is 5.41. The smallest absolute Gasteiger partial charge is 0.242 e. The van der Waals surface area contributed by atoms with Crippen LogP contribution >= 0.6 is 0 Å². The van der Waals surface area contributed by atoms with E-state index in [1.54, 1.807) is 32.4 Å². The number of likely N-dealkylation sites (N-methyl/N-ethyl adjacent to an activating group) is 1. The summed E-state index contributed by atoms with van der Waals surface area (Å²) >= 11 is 0. The van der Waals surface area contributed by atoms with Crippen molar-refractivity contribution in [3.63, 3.8) is 0 Å². The Balaban J connectivity index is 2.13. The van der Waals surface area contributed by atoms with Gasteiger partial charge in [0.1, 0.15) is 0 Å². The van der Waals surface area contributed by atoms with Crippen LogP contribution in [0.2, 0.25) is 0 Å². The van der Waals surface area contributed by atoms with Crippen LogP contribution in [0.15, 0.2) is 47.4 Å². The highest BCUT2D eigenvalue weighted by Crippen LogP contribution is 2.28. The molecule has 2 rings (SSSR count). The second-order valence-corrected chi connectivity index (χ2v) is 7.45. The molecule has 0 aliphatic carbocycles. The first-order valence-corrected chi connectivity index (χ1v) is 9.03. The van der Waals surface area contributed by atoms with E-state index >= 15 is 0 Å². The first-order chi connectivity index (χ1) is 11.9. The molecule has 0 radical (unpaired) electrons. The number of benzene rings is 2. The molecule has 0 saturated heterocycles. The predicted octanol–water partition coefficient (Wildman–Crippen LogP) is 2.44. The minimum Gasteiger partial charge on any atom is -0.493 e. The van der Waals surface area contributed by atoms with Gasteiger partial charge in [0.25, 0.3) is 0 Å². The summed E-state index contributed by atoms with van der Waals surface area (Å²) in [5, 5.41) is 8.93. The molecule has 0 aromatic heterocycles. The van der Waals surface area contributed by atoms with Gasteiger partial charge in [0, 0.05) is 13.6 Å². The van der Waals surface area contributed by atoms with E-state index in [4.69, 9.17) is 14.7 Å². The number of hydrogen-bond acceptors (Lipinski definition) is 5. The van der Waals surface area contributed by atoms with Crippen molar-refractivity contribution in [2.24, 2.45) is 0 Å². The van der Waals surface area contributed by atoms with Crippen LogP contribution in [0.5, 0.6) is 11.5 Å². The molecule has 0 saturated carbocycles. The van der Waals surface area contributed by atoms with Gasteiger partial charge in [-0.3, -0.25) is 0 Å². The number of rotatable bonds is 7. The Morgan fingerprint density at radius 2 is 1.80 bits per heavy atom. The van der Waals surface area contributed by atoms with Crippen LogP contribution in [0.3, 0.4) is 0 Å². The monoisotopic (exact) mass is 360 g/mol. The van der Waals surface area contributed by atoms with Crippen molar-refractivity contribution in [1.82, 2.24) is 4.31 Å². The minimum atomic E-state index is -3.64. The first kappa shape index (κ1) is 18.8. The molecule has 0 amide bonds. The zero-order chi connectivity index (χ0) is 18.4. The Labute approximate surface area is 148 Å². The Morgan fingerprint density at radius 1 is 1.08 bits per heavy atom. The summed E-state index contributed by atoms with van der Waals surface area (Å²) in [5.74, 6) is 1.23. The van der Waals surface area contributed by atoms with Crippen LogP contribution in [-0.2, 0) is 16.4 Å². The van der Waals surface area contributed by atoms with E-state index in [1.165, 1.54) is 23.5 Å². The Morgan fingerprint density at radius 3 is 2.44 bits per heavy atom. The molecular weight excluding hydrogens is 340 g/mol. The third-order valence-corrected chi connectivity index (χ3v) is 5.69. The van der Waals surface area contributed by atoms with Gasteiger partial charge in [0.05, 0.1) is 30.7 Å². The van der Waals surface area contributed by atoms with Gasteiger partial charge >= 0.3 is 0 Å². The minimum absolute atomic E-state index is 0.112. The van der Waals surface area contributed by atoms with Crippen molar-refractivity contribution in [2.45, 2.75) is 11.3 Å². The number of ether oxygens (including phenoxy) is 2. The Bertz CT molecular complexity index is 888. The van der Waals surface area contributed by atoms with Crippen LogP contribution in [0.1, 0.15) is 11.1 Å². The highest BCUT2D eigenvalue weighted by molar-refractivity contribution is 7.89. The van der Waals surface area contributed by atoms with E-state index < -0.39 is 10.0 Å². The van der Waals surface area contributed by atoms with Crippen molar-refractivity contribution in [3.8, 4) is 17.6 Å². The van der Waals surface area contributed by atoms with Crippen molar-refractivity contribution >= 4 is 10.0 Å². The van der Waals surface area contributed by atoms with E-state index in [9.17, 15) is 8.42 Å². The number of sulfonamides is 1. The molecule has 0 bridgehead atoms. The van der Waals surface area contributed by atoms with Crippen molar-refractivity contribution in [3.05, 3.63) is 53.6 Å². The van der Waals surface area contributed by atoms with Crippen LogP contribution in [0.4, 0.5) is 0 Å². The maximum atomic E-state index is 12.6. The van der Waals surface area contributed by atoms with E-state index in [0.29, 0.717) is 30.0 Å². The molecule has 0 fully saturated rings. The quantitative estimate of drug-likeness (QED) is 0.758. The molecule has 0 aliphatic heterocycles. The number of methoxy groups -OCH3 is 2. The average molecular weight is 360 g/mol. The predicted molar refractivity (Wildman–Crippen MR) is 94.2 cm³/mol. The summed E-state index contributed by atoms with van der Waals surface area (Å²) in [5.41, 5.74) is 1.25. The molecule has 0 unspecified atom stereocenters. The fourth-order valence-corrected chi connectivity index (χ4v) is 3.57. The van der Waals surface area contributed by atoms with Crippen molar-refractivity contribution in [2.75, 3.05) is 27.8 Å². The van der Waals surface area contributed by atoms with Crippen LogP contribution in [0, 0.1) is 11.3 Å². The highest BCUT2D eigenvalue weighted by atomic mass is 32.2. The van der Waals surface area contributed by atoms with Gasteiger partial charge in [-0.15, -0.1) is 0 Å². The van der Waals surface area contributed by atoms with Gasteiger partial charge in [-0.25, -0.2) is 12.7 Å². The maximum Gasteiger partial charge on any atom is 0.242 e. The van der Waals surface area contributed by atoms with Gasteiger partial charge in [0.2, 0.25) is 10.0 Å². The lowest BCUT2D eigenvalue weighted by atomic mass is 10.1. The van der Waals surface area contributed by atoms with Crippen LogP contribution in [0.25, 0.3) is 0 Å². The molecular formula is C18H20N2O4S. The zero-order valence-corrected chi connectivity index (χ0v) is 15.2. The first-order valence-electron chi connectivity index (χ1n) is 7.59. The molecule has 0 aliphatic rings. The van der Waals surface area contributed by atoms with Gasteiger partial charge in [-0.2, -0.15) is 5.26 Å². The van der Waals surface area contributed by atoms with E-state index in [2.05, 4.69) is 0 Å². The third kappa shape index (κ3) is 4.29. The molecule has 6 nitrogen and oxygen atoms in total. The standard InChI is InChI=1S/C18H20N2O4S/c1-20(25(21,22)16-6-4-5-15(11-16)13-19)10-9-14-7-8-17(23-2)18(12-14)24-3/h4-8,11-12H,9-10H2,1-3H3. The number of nitrogens with zero attached hydrogens (tertiary/aromatic N) is 2. The lowest BCUT2D eigenvalue weighted by molar-refractivity contribution is 0.354. The SMILES string of the molecule is COc1ccc(CCN(C)S(=O)(=O)c2cccc(C#N)c2)cc1OC. The fourth-order valence-electron chi connectivity index (χ4n) is 2.35. The van der Waals surface area contributed by atoms with Gasteiger partial charge in [0.15, 0.2) is 11.5 Å². The Hall–Kier alpha value is -2.56. The lowest BCUT2D eigenvalue weighted by Crippen LogP contribution is -2.29.